The number of hydrogen-bond acceptors (Lipinski definition) is 5. The fourth-order valence-corrected chi connectivity index (χ4v) is 1.13. The predicted octanol–water partition coefficient (Wildman–Crippen LogP) is -0.332. The largest absolute Gasteiger partial charge is 0.480 e. The standard InChI is InChI=1S/C11H15N3O5/c1-7(10(16)17)12-6-9(15)14-11(18)13-5-8-3-2-4-19-8/h2-4,7,12H,5-6H2,1H3,(H,16,17)(H2,13,14,15,18)/t7-/m0/s1. The van der Waals surface area contributed by atoms with Crippen LogP contribution in [-0.4, -0.2) is 35.6 Å². The minimum atomic E-state index is -1.07. The Hall–Kier alpha value is -2.35. The Morgan fingerprint density at radius 2 is 2.16 bits per heavy atom. The molecule has 0 fully saturated rings. The first kappa shape index (κ1) is 14.7. The quantitative estimate of drug-likeness (QED) is 0.561. The van der Waals surface area contributed by atoms with Gasteiger partial charge < -0.3 is 14.8 Å². The zero-order valence-corrected chi connectivity index (χ0v) is 10.3. The second-order valence-electron chi connectivity index (χ2n) is 3.75. The van der Waals surface area contributed by atoms with Crippen LogP contribution < -0.4 is 16.0 Å². The van der Waals surface area contributed by atoms with E-state index in [0.29, 0.717) is 5.76 Å². The van der Waals surface area contributed by atoms with Gasteiger partial charge in [-0.05, 0) is 19.1 Å². The second kappa shape index (κ2) is 7.17. The van der Waals surface area contributed by atoms with Crippen LogP contribution in [0.15, 0.2) is 22.8 Å². The summed E-state index contributed by atoms with van der Waals surface area (Å²) in [6.45, 7) is 1.29. The highest BCUT2D eigenvalue weighted by atomic mass is 16.4. The molecule has 8 nitrogen and oxygen atoms in total. The fraction of sp³-hybridized carbons (Fsp3) is 0.364. The van der Waals surface area contributed by atoms with Gasteiger partial charge in [0.1, 0.15) is 11.8 Å². The van der Waals surface area contributed by atoms with E-state index in [4.69, 9.17) is 9.52 Å². The van der Waals surface area contributed by atoms with Crippen LogP contribution in [0.1, 0.15) is 12.7 Å². The SMILES string of the molecule is C[C@H](NCC(=O)NC(=O)NCc1ccco1)C(=O)O. The van der Waals surface area contributed by atoms with Crippen molar-refractivity contribution < 1.29 is 23.9 Å². The number of imide groups is 1. The third-order valence-corrected chi connectivity index (χ3v) is 2.20. The Morgan fingerprint density at radius 1 is 1.42 bits per heavy atom. The molecule has 0 saturated carbocycles. The van der Waals surface area contributed by atoms with Gasteiger partial charge >= 0.3 is 12.0 Å². The molecule has 0 radical (unpaired) electrons. The molecule has 1 aromatic heterocycles. The lowest BCUT2D eigenvalue weighted by Crippen LogP contribution is -2.46. The van der Waals surface area contributed by atoms with Gasteiger partial charge in [-0.3, -0.25) is 20.2 Å². The van der Waals surface area contributed by atoms with Crippen molar-refractivity contribution in [1.82, 2.24) is 16.0 Å². The smallest absolute Gasteiger partial charge is 0.321 e. The summed E-state index contributed by atoms with van der Waals surface area (Å²) >= 11 is 0. The zero-order chi connectivity index (χ0) is 14.3. The molecule has 0 saturated heterocycles. The Bertz CT molecular complexity index is 443. The van der Waals surface area contributed by atoms with Gasteiger partial charge in [0.2, 0.25) is 5.91 Å². The van der Waals surface area contributed by atoms with Crippen molar-refractivity contribution in [2.45, 2.75) is 19.5 Å². The number of hydrogen-bond donors (Lipinski definition) is 4. The highest BCUT2D eigenvalue weighted by Gasteiger charge is 2.13. The molecule has 104 valence electrons. The molecular weight excluding hydrogens is 254 g/mol. The minimum Gasteiger partial charge on any atom is -0.480 e. The van der Waals surface area contributed by atoms with Gasteiger partial charge in [0.25, 0.3) is 0 Å². The number of furan rings is 1. The lowest BCUT2D eigenvalue weighted by molar-refractivity contribution is -0.139. The topological polar surface area (TPSA) is 121 Å². The Morgan fingerprint density at radius 3 is 2.74 bits per heavy atom. The molecule has 8 heteroatoms. The normalized spacial score (nSPS) is 11.6. The number of nitrogens with one attached hydrogen (secondary N) is 3. The van der Waals surface area contributed by atoms with E-state index in [2.05, 4.69) is 16.0 Å². The molecule has 0 aliphatic rings. The lowest BCUT2D eigenvalue weighted by Gasteiger charge is -2.09. The van der Waals surface area contributed by atoms with Crippen LogP contribution in [0.25, 0.3) is 0 Å². The molecule has 1 heterocycles. The summed E-state index contributed by atoms with van der Waals surface area (Å²) in [5.74, 6) is -1.14. The van der Waals surface area contributed by atoms with Crippen molar-refractivity contribution in [3.8, 4) is 0 Å². The van der Waals surface area contributed by atoms with Crippen molar-refractivity contribution in [1.29, 1.82) is 0 Å². The Labute approximate surface area is 109 Å². The van der Waals surface area contributed by atoms with Gasteiger partial charge in [-0.25, -0.2) is 4.79 Å². The molecule has 4 N–H and O–H groups in total. The molecule has 1 aromatic rings. The van der Waals surface area contributed by atoms with Gasteiger partial charge in [-0.1, -0.05) is 0 Å². The molecule has 19 heavy (non-hydrogen) atoms. The van der Waals surface area contributed by atoms with Crippen LogP contribution in [0.5, 0.6) is 0 Å². The highest BCUT2D eigenvalue weighted by Crippen LogP contribution is 1.97. The van der Waals surface area contributed by atoms with Crippen LogP contribution in [0, 0.1) is 0 Å². The third-order valence-electron chi connectivity index (χ3n) is 2.20. The summed E-state index contributed by atoms with van der Waals surface area (Å²) < 4.78 is 4.99. The highest BCUT2D eigenvalue weighted by molar-refractivity contribution is 5.95. The lowest BCUT2D eigenvalue weighted by atomic mass is 10.3. The van der Waals surface area contributed by atoms with E-state index < -0.39 is 23.9 Å². The number of carboxylic acid groups (broad SMARTS) is 1. The summed E-state index contributed by atoms with van der Waals surface area (Å²) in [5, 5.41) is 15.5. The number of carbonyl (C=O) groups excluding carboxylic acids is 2. The van der Waals surface area contributed by atoms with E-state index in [1.54, 1.807) is 12.1 Å². The molecule has 1 atom stereocenters. The molecule has 0 unspecified atom stereocenters. The molecule has 0 spiro atoms. The molecular formula is C11H15N3O5. The Balaban J connectivity index is 2.20. The summed E-state index contributed by atoms with van der Waals surface area (Å²) in [6.07, 6.45) is 1.47. The first-order valence-electron chi connectivity index (χ1n) is 5.55. The molecule has 0 aromatic carbocycles. The van der Waals surface area contributed by atoms with Crippen LogP contribution in [0.2, 0.25) is 0 Å². The maximum absolute atomic E-state index is 11.3. The molecule has 0 aliphatic carbocycles. The van der Waals surface area contributed by atoms with Gasteiger partial charge in [0.05, 0.1) is 19.4 Å². The average molecular weight is 269 g/mol. The number of aliphatic carboxylic acids is 1. The number of rotatable bonds is 6. The molecule has 3 amide bonds. The van der Waals surface area contributed by atoms with Gasteiger partial charge in [-0.2, -0.15) is 0 Å². The maximum Gasteiger partial charge on any atom is 0.321 e. The molecule has 1 rings (SSSR count). The summed E-state index contributed by atoms with van der Waals surface area (Å²) in [7, 11) is 0. The van der Waals surface area contributed by atoms with Gasteiger partial charge in [0.15, 0.2) is 0 Å². The number of carbonyl (C=O) groups is 3. The number of urea groups is 1. The molecule has 0 bridgehead atoms. The van der Waals surface area contributed by atoms with Crippen molar-refractivity contribution in [3.05, 3.63) is 24.2 Å². The minimum absolute atomic E-state index is 0.158. The van der Waals surface area contributed by atoms with Crippen LogP contribution in [0.3, 0.4) is 0 Å². The second-order valence-corrected chi connectivity index (χ2v) is 3.75. The van der Waals surface area contributed by atoms with Crippen molar-refractivity contribution in [2.24, 2.45) is 0 Å². The van der Waals surface area contributed by atoms with E-state index in [0.717, 1.165) is 0 Å². The number of amides is 3. The first-order chi connectivity index (χ1) is 8.99. The van der Waals surface area contributed by atoms with Crippen LogP contribution in [-0.2, 0) is 16.1 Å². The first-order valence-corrected chi connectivity index (χ1v) is 5.55. The monoisotopic (exact) mass is 269 g/mol. The van der Waals surface area contributed by atoms with E-state index in [1.807, 2.05) is 0 Å². The van der Waals surface area contributed by atoms with E-state index in [1.165, 1.54) is 13.2 Å². The van der Waals surface area contributed by atoms with Crippen molar-refractivity contribution >= 4 is 17.9 Å². The molecule has 0 aliphatic heterocycles. The van der Waals surface area contributed by atoms with E-state index in [9.17, 15) is 14.4 Å². The van der Waals surface area contributed by atoms with Crippen LogP contribution in [0.4, 0.5) is 4.79 Å². The fourth-order valence-electron chi connectivity index (χ4n) is 1.13. The predicted molar refractivity (Wildman–Crippen MR) is 64.2 cm³/mol. The average Bonchev–Trinajstić information content (AvgIpc) is 2.86. The van der Waals surface area contributed by atoms with E-state index in [-0.39, 0.29) is 13.1 Å². The summed E-state index contributed by atoms with van der Waals surface area (Å²) in [6, 6.07) is 1.82. The Kier molecular flexibility index (Phi) is 5.55. The van der Waals surface area contributed by atoms with Gasteiger partial charge in [-0.15, -0.1) is 0 Å². The summed E-state index contributed by atoms with van der Waals surface area (Å²) in [5.41, 5.74) is 0. The summed E-state index contributed by atoms with van der Waals surface area (Å²) in [4.78, 5) is 33.1. The van der Waals surface area contributed by atoms with Gasteiger partial charge in [0, 0.05) is 0 Å². The number of carboxylic acids is 1. The van der Waals surface area contributed by atoms with Crippen molar-refractivity contribution in [3.63, 3.8) is 0 Å². The van der Waals surface area contributed by atoms with Crippen LogP contribution >= 0.6 is 0 Å². The maximum atomic E-state index is 11.3. The third kappa shape index (κ3) is 5.68. The van der Waals surface area contributed by atoms with E-state index >= 15 is 0 Å². The zero-order valence-electron chi connectivity index (χ0n) is 10.3. The van der Waals surface area contributed by atoms with Crippen molar-refractivity contribution in [2.75, 3.05) is 6.54 Å².